The summed E-state index contributed by atoms with van der Waals surface area (Å²) in [6.45, 7) is 3.92. The van der Waals surface area contributed by atoms with Gasteiger partial charge in [0.05, 0.1) is 0 Å². The fourth-order valence-corrected chi connectivity index (χ4v) is 0.844. The molecule has 1 rings (SSSR count). The molecule has 12 heavy (non-hydrogen) atoms. The summed E-state index contributed by atoms with van der Waals surface area (Å²) < 4.78 is 0. The van der Waals surface area contributed by atoms with Crippen LogP contribution in [-0.2, 0) is 0 Å². The van der Waals surface area contributed by atoms with Crippen molar-refractivity contribution >= 4 is 23.2 Å². The van der Waals surface area contributed by atoms with Gasteiger partial charge < -0.3 is 11.5 Å². The summed E-state index contributed by atoms with van der Waals surface area (Å²) in [5.74, 6) is 1.31. The fourth-order valence-electron chi connectivity index (χ4n) is 0.759. The van der Waals surface area contributed by atoms with Gasteiger partial charge in [0.15, 0.2) is 0 Å². The van der Waals surface area contributed by atoms with E-state index in [-0.39, 0.29) is 22.6 Å². The molecule has 1 heterocycles. The molecule has 1 aromatic rings. The summed E-state index contributed by atoms with van der Waals surface area (Å²) in [5, 5.41) is 0.236. The van der Waals surface area contributed by atoms with Crippen LogP contribution < -0.4 is 11.5 Å². The molecule has 0 aliphatic heterocycles. The molecule has 0 saturated carbocycles. The van der Waals surface area contributed by atoms with Gasteiger partial charge in [0, 0.05) is 5.92 Å². The molecule has 0 spiro atoms. The van der Waals surface area contributed by atoms with Crippen LogP contribution in [0, 0.1) is 0 Å². The largest absolute Gasteiger partial charge is 0.382 e. The smallest absolute Gasteiger partial charge is 0.148 e. The van der Waals surface area contributed by atoms with Crippen LogP contribution in [0.5, 0.6) is 0 Å². The molecule has 66 valence electrons. The number of anilines is 2. The lowest BCUT2D eigenvalue weighted by molar-refractivity contribution is 0.779. The molecule has 0 bridgehead atoms. The zero-order valence-electron chi connectivity index (χ0n) is 7.00. The van der Waals surface area contributed by atoms with Crippen LogP contribution in [0.15, 0.2) is 0 Å². The normalized spacial score (nSPS) is 10.7. The highest BCUT2D eigenvalue weighted by Gasteiger charge is 2.09. The Balaban J connectivity index is 3.21. The third-order valence-corrected chi connectivity index (χ3v) is 1.82. The Morgan fingerprint density at radius 2 is 1.58 bits per heavy atom. The van der Waals surface area contributed by atoms with E-state index < -0.39 is 0 Å². The minimum Gasteiger partial charge on any atom is -0.382 e. The van der Waals surface area contributed by atoms with Gasteiger partial charge in [0.1, 0.15) is 22.5 Å². The highest BCUT2D eigenvalue weighted by atomic mass is 35.5. The van der Waals surface area contributed by atoms with Crippen LogP contribution in [-0.4, -0.2) is 9.97 Å². The second-order valence-electron chi connectivity index (χ2n) is 2.82. The van der Waals surface area contributed by atoms with E-state index in [1.54, 1.807) is 0 Å². The lowest BCUT2D eigenvalue weighted by Gasteiger charge is -2.06. The van der Waals surface area contributed by atoms with Gasteiger partial charge in [-0.2, -0.15) is 0 Å². The number of nitrogen functional groups attached to an aromatic ring is 2. The van der Waals surface area contributed by atoms with Crippen molar-refractivity contribution in [3.05, 3.63) is 10.8 Å². The van der Waals surface area contributed by atoms with Gasteiger partial charge in [-0.05, 0) is 0 Å². The minimum absolute atomic E-state index is 0.201. The van der Waals surface area contributed by atoms with E-state index in [4.69, 9.17) is 23.1 Å². The third kappa shape index (κ3) is 1.58. The Hall–Kier alpha value is -1.03. The number of aromatic nitrogens is 2. The maximum atomic E-state index is 5.68. The Morgan fingerprint density at radius 1 is 1.17 bits per heavy atom. The number of hydrogen-bond donors (Lipinski definition) is 2. The van der Waals surface area contributed by atoms with Crippen molar-refractivity contribution in [2.75, 3.05) is 11.5 Å². The Bertz CT molecular complexity index is 274. The van der Waals surface area contributed by atoms with E-state index >= 15 is 0 Å². The van der Waals surface area contributed by atoms with Crippen molar-refractivity contribution in [3.63, 3.8) is 0 Å². The Kier molecular flexibility index (Phi) is 2.38. The summed E-state index contributed by atoms with van der Waals surface area (Å²) in [4.78, 5) is 7.98. The molecule has 0 aliphatic carbocycles. The predicted molar refractivity (Wildman–Crippen MR) is 50.0 cm³/mol. The van der Waals surface area contributed by atoms with Crippen molar-refractivity contribution in [1.82, 2.24) is 9.97 Å². The number of nitrogens with zero attached hydrogens (tertiary/aromatic N) is 2. The number of hydrogen-bond acceptors (Lipinski definition) is 4. The third-order valence-electron chi connectivity index (χ3n) is 1.44. The first kappa shape index (κ1) is 9.06. The number of rotatable bonds is 1. The van der Waals surface area contributed by atoms with Gasteiger partial charge in [-0.3, -0.25) is 0 Å². The van der Waals surface area contributed by atoms with E-state index in [1.165, 1.54) is 0 Å². The highest BCUT2D eigenvalue weighted by Crippen LogP contribution is 2.23. The van der Waals surface area contributed by atoms with Crippen LogP contribution in [0.3, 0.4) is 0 Å². The quantitative estimate of drug-likeness (QED) is 0.696. The average molecular weight is 187 g/mol. The molecule has 0 aromatic carbocycles. The topological polar surface area (TPSA) is 77.8 Å². The van der Waals surface area contributed by atoms with Crippen LogP contribution >= 0.6 is 11.6 Å². The van der Waals surface area contributed by atoms with E-state index in [0.29, 0.717) is 5.82 Å². The van der Waals surface area contributed by atoms with E-state index in [2.05, 4.69) is 9.97 Å². The first-order valence-corrected chi connectivity index (χ1v) is 3.98. The second-order valence-corrected chi connectivity index (χ2v) is 3.20. The average Bonchev–Trinajstić information content (AvgIpc) is 1.99. The standard InChI is InChI=1S/C7H11ClN4/c1-3(2)7-11-5(9)4(8)6(10)12-7/h3H,1-2H3,(H4,9,10,11,12). The van der Waals surface area contributed by atoms with Crippen LogP contribution in [0.4, 0.5) is 11.6 Å². The minimum atomic E-state index is 0.201. The Labute approximate surface area is 75.9 Å². The van der Waals surface area contributed by atoms with Gasteiger partial charge >= 0.3 is 0 Å². The van der Waals surface area contributed by atoms with Gasteiger partial charge in [-0.15, -0.1) is 0 Å². The van der Waals surface area contributed by atoms with Crippen LogP contribution in [0.25, 0.3) is 0 Å². The summed E-state index contributed by atoms with van der Waals surface area (Å²) in [5.41, 5.74) is 11.0. The predicted octanol–water partition coefficient (Wildman–Crippen LogP) is 1.42. The van der Waals surface area contributed by atoms with Crippen molar-refractivity contribution in [2.24, 2.45) is 0 Å². The molecule has 1 aromatic heterocycles. The van der Waals surface area contributed by atoms with Crippen molar-refractivity contribution < 1.29 is 0 Å². The molecule has 0 aliphatic rings. The first-order valence-electron chi connectivity index (χ1n) is 3.60. The molecule has 4 N–H and O–H groups in total. The van der Waals surface area contributed by atoms with Crippen molar-refractivity contribution in [3.8, 4) is 0 Å². The maximum Gasteiger partial charge on any atom is 0.148 e. The van der Waals surface area contributed by atoms with E-state index in [9.17, 15) is 0 Å². The zero-order chi connectivity index (χ0) is 9.30. The number of nitrogens with two attached hydrogens (primary N) is 2. The van der Waals surface area contributed by atoms with Crippen molar-refractivity contribution in [2.45, 2.75) is 19.8 Å². The first-order chi connectivity index (χ1) is 5.52. The van der Waals surface area contributed by atoms with Crippen LogP contribution in [0.2, 0.25) is 5.02 Å². The summed E-state index contributed by atoms with van der Waals surface area (Å²) >= 11 is 5.68. The van der Waals surface area contributed by atoms with Gasteiger partial charge in [-0.25, -0.2) is 9.97 Å². The van der Waals surface area contributed by atoms with Crippen LogP contribution in [0.1, 0.15) is 25.6 Å². The summed E-state index contributed by atoms with van der Waals surface area (Å²) in [7, 11) is 0. The molecule has 0 saturated heterocycles. The molecule has 4 nitrogen and oxygen atoms in total. The maximum absolute atomic E-state index is 5.68. The summed E-state index contributed by atoms with van der Waals surface area (Å²) in [6.07, 6.45) is 0. The Morgan fingerprint density at radius 3 is 1.92 bits per heavy atom. The second kappa shape index (κ2) is 3.15. The molecule has 5 heteroatoms. The van der Waals surface area contributed by atoms with Gasteiger partial charge in [0.2, 0.25) is 0 Å². The number of halogens is 1. The van der Waals surface area contributed by atoms with Crippen molar-refractivity contribution in [1.29, 1.82) is 0 Å². The fraction of sp³-hybridized carbons (Fsp3) is 0.429. The van der Waals surface area contributed by atoms with E-state index in [1.807, 2.05) is 13.8 Å². The SMILES string of the molecule is CC(C)c1nc(N)c(Cl)c(N)n1. The summed E-state index contributed by atoms with van der Waals surface area (Å²) in [6, 6.07) is 0. The zero-order valence-corrected chi connectivity index (χ0v) is 7.76. The van der Waals surface area contributed by atoms with Gasteiger partial charge in [0.25, 0.3) is 0 Å². The molecule has 0 amide bonds. The molecular formula is C7H11ClN4. The highest BCUT2D eigenvalue weighted by molar-refractivity contribution is 6.34. The van der Waals surface area contributed by atoms with Gasteiger partial charge in [-0.1, -0.05) is 25.4 Å². The monoisotopic (exact) mass is 186 g/mol. The molecule has 0 atom stereocenters. The molecule has 0 fully saturated rings. The molecule has 0 unspecified atom stereocenters. The lowest BCUT2D eigenvalue weighted by atomic mass is 10.2. The van der Waals surface area contributed by atoms with E-state index in [0.717, 1.165) is 0 Å². The molecular weight excluding hydrogens is 176 g/mol. The molecule has 0 radical (unpaired) electrons. The lowest BCUT2D eigenvalue weighted by Crippen LogP contribution is -2.05.